The molecule has 0 spiro atoms. The summed E-state index contributed by atoms with van der Waals surface area (Å²) in [6.45, 7) is 2.22. The molecule has 0 unspecified atom stereocenters. The lowest BCUT2D eigenvalue weighted by atomic mass is 10.1. The molecule has 0 radical (unpaired) electrons. The molecule has 0 bridgehead atoms. The third-order valence-electron chi connectivity index (χ3n) is 2.63. The normalized spacial score (nSPS) is 11.1. The second-order valence-electron chi connectivity index (χ2n) is 4.07. The third-order valence-corrected chi connectivity index (χ3v) is 2.63. The number of hydrogen-bond acceptors (Lipinski definition) is 1. The Bertz CT molecular complexity index is 311. The molecule has 1 heterocycles. The second-order valence-corrected chi connectivity index (χ2v) is 4.07. The summed E-state index contributed by atoms with van der Waals surface area (Å²) in [4.78, 5) is 14.4. The summed E-state index contributed by atoms with van der Waals surface area (Å²) in [6, 6.07) is 1.80. The highest BCUT2D eigenvalue weighted by Crippen LogP contribution is 2.06. The van der Waals surface area contributed by atoms with Crippen molar-refractivity contribution in [2.45, 2.75) is 45.4 Å². The minimum absolute atomic E-state index is 0.0924. The zero-order valence-electron chi connectivity index (χ0n) is 10.0. The molecule has 0 atom stereocenters. The molecular formula is C14H21NO. The van der Waals surface area contributed by atoms with Gasteiger partial charge in [-0.25, -0.2) is 0 Å². The smallest absolute Gasteiger partial charge is 0.187 e. The first kappa shape index (κ1) is 12.8. The maximum atomic E-state index is 11.5. The molecule has 1 aromatic rings. The number of hydrogen-bond donors (Lipinski definition) is 1. The fourth-order valence-electron chi connectivity index (χ4n) is 1.63. The highest BCUT2D eigenvalue weighted by Gasteiger charge is 1.99. The van der Waals surface area contributed by atoms with Crippen LogP contribution in [0.15, 0.2) is 30.6 Å². The van der Waals surface area contributed by atoms with E-state index in [1.54, 1.807) is 24.5 Å². The van der Waals surface area contributed by atoms with Crippen LogP contribution in [0.1, 0.15) is 55.8 Å². The highest BCUT2D eigenvalue weighted by atomic mass is 16.1. The lowest BCUT2D eigenvalue weighted by Gasteiger charge is -1.95. The molecular weight excluding hydrogens is 198 g/mol. The monoisotopic (exact) mass is 219 g/mol. The van der Waals surface area contributed by atoms with E-state index in [2.05, 4.69) is 11.9 Å². The van der Waals surface area contributed by atoms with Gasteiger partial charge in [0.05, 0.1) is 0 Å². The van der Waals surface area contributed by atoms with Gasteiger partial charge < -0.3 is 4.98 Å². The molecule has 1 rings (SSSR count). The first-order valence-electron chi connectivity index (χ1n) is 6.18. The summed E-state index contributed by atoms with van der Waals surface area (Å²) in [5.74, 6) is 0.0924. The van der Waals surface area contributed by atoms with Gasteiger partial charge in [-0.1, -0.05) is 38.7 Å². The number of carbonyl (C=O) groups excluding carboxylic acids is 1. The van der Waals surface area contributed by atoms with Crippen LogP contribution in [-0.2, 0) is 0 Å². The Morgan fingerprint density at radius 2 is 2.12 bits per heavy atom. The zero-order valence-corrected chi connectivity index (χ0v) is 10.0. The lowest BCUT2D eigenvalue weighted by molar-refractivity contribution is 0.104. The third kappa shape index (κ3) is 4.96. The molecule has 88 valence electrons. The molecule has 0 saturated carbocycles. The Balaban J connectivity index is 2.11. The van der Waals surface area contributed by atoms with Crippen LogP contribution in [0.3, 0.4) is 0 Å². The number of aromatic amines is 1. The molecule has 0 saturated heterocycles. The Morgan fingerprint density at radius 1 is 1.31 bits per heavy atom. The van der Waals surface area contributed by atoms with Crippen molar-refractivity contribution in [3.05, 3.63) is 36.2 Å². The van der Waals surface area contributed by atoms with Gasteiger partial charge in [0.1, 0.15) is 0 Å². The molecule has 0 fully saturated rings. The summed E-state index contributed by atoms with van der Waals surface area (Å²) in [5, 5.41) is 0. The molecule has 0 amide bonds. The minimum Gasteiger partial charge on any atom is -0.367 e. The van der Waals surface area contributed by atoms with Crippen molar-refractivity contribution < 1.29 is 4.79 Å². The maximum absolute atomic E-state index is 11.5. The topological polar surface area (TPSA) is 32.9 Å². The standard InChI is InChI=1S/C14H21NO/c1-2-3-4-5-6-7-8-9-14(16)13-10-11-15-12-13/h8-12,15H,2-7H2,1H3. The maximum Gasteiger partial charge on any atom is 0.187 e. The van der Waals surface area contributed by atoms with Gasteiger partial charge in [0.2, 0.25) is 0 Å². The number of H-pyrrole nitrogens is 1. The van der Waals surface area contributed by atoms with Crippen molar-refractivity contribution in [2.24, 2.45) is 0 Å². The molecule has 2 heteroatoms. The Hall–Kier alpha value is -1.31. The van der Waals surface area contributed by atoms with Crippen LogP contribution in [0, 0.1) is 0 Å². The molecule has 0 aliphatic carbocycles. The average molecular weight is 219 g/mol. The largest absolute Gasteiger partial charge is 0.367 e. The van der Waals surface area contributed by atoms with Gasteiger partial charge in [-0.2, -0.15) is 0 Å². The van der Waals surface area contributed by atoms with E-state index in [-0.39, 0.29) is 5.78 Å². The number of aromatic nitrogens is 1. The van der Waals surface area contributed by atoms with E-state index in [9.17, 15) is 4.79 Å². The fraction of sp³-hybridized carbons (Fsp3) is 0.500. The van der Waals surface area contributed by atoms with E-state index >= 15 is 0 Å². The molecule has 2 nitrogen and oxygen atoms in total. The van der Waals surface area contributed by atoms with Crippen molar-refractivity contribution >= 4 is 5.78 Å². The van der Waals surface area contributed by atoms with E-state index in [0.717, 1.165) is 12.0 Å². The van der Waals surface area contributed by atoms with Gasteiger partial charge in [0.25, 0.3) is 0 Å². The van der Waals surface area contributed by atoms with Gasteiger partial charge >= 0.3 is 0 Å². The fourth-order valence-corrected chi connectivity index (χ4v) is 1.63. The average Bonchev–Trinajstić information content (AvgIpc) is 2.81. The predicted molar refractivity (Wildman–Crippen MR) is 67.6 cm³/mol. The van der Waals surface area contributed by atoms with Crippen LogP contribution in [0.4, 0.5) is 0 Å². The Labute approximate surface area is 97.8 Å². The SMILES string of the molecule is CCCCCCCC=CC(=O)c1cc[nH]c1. The van der Waals surface area contributed by atoms with Crippen LogP contribution < -0.4 is 0 Å². The molecule has 0 aliphatic rings. The van der Waals surface area contributed by atoms with Crippen LogP contribution >= 0.6 is 0 Å². The lowest BCUT2D eigenvalue weighted by Crippen LogP contribution is -1.90. The van der Waals surface area contributed by atoms with Gasteiger partial charge in [-0.3, -0.25) is 4.79 Å². The number of unbranched alkanes of at least 4 members (excludes halogenated alkanes) is 5. The van der Waals surface area contributed by atoms with Gasteiger partial charge in [0, 0.05) is 18.0 Å². The summed E-state index contributed by atoms with van der Waals surface area (Å²) in [7, 11) is 0. The molecule has 0 aliphatic heterocycles. The number of ketones is 1. The Kier molecular flexibility index (Phi) is 6.31. The molecule has 1 N–H and O–H groups in total. The quantitative estimate of drug-likeness (QED) is 0.398. The van der Waals surface area contributed by atoms with Crippen molar-refractivity contribution in [1.82, 2.24) is 4.98 Å². The number of nitrogens with one attached hydrogen (secondary N) is 1. The molecule has 0 aromatic carbocycles. The van der Waals surface area contributed by atoms with Crippen LogP contribution in [0.2, 0.25) is 0 Å². The summed E-state index contributed by atoms with van der Waals surface area (Å²) >= 11 is 0. The van der Waals surface area contributed by atoms with Crippen LogP contribution in [-0.4, -0.2) is 10.8 Å². The van der Waals surface area contributed by atoms with Gasteiger partial charge in [-0.15, -0.1) is 0 Å². The number of carbonyl (C=O) groups is 1. The number of allylic oxidation sites excluding steroid dienone is 2. The number of rotatable bonds is 8. The summed E-state index contributed by atoms with van der Waals surface area (Å²) in [6.07, 6.45) is 14.6. The second kappa shape index (κ2) is 7.91. The molecule has 1 aromatic heterocycles. The summed E-state index contributed by atoms with van der Waals surface area (Å²) in [5.41, 5.74) is 0.738. The van der Waals surface area contributed by atoms with E-state index in [1.165, 1.54) is 32.1 Å². The first-order valence-corrected chi connectivity index (χ1v) is 6.18. The Morgan fingerprint density at radius 3 is 2.81 bits per heavy atom. The summed E-state index contributed by atoms with van der Waals surface area (Å²) < 4.78 is 0. The van der Waals surface area contributed by atoms with Crippen molar-refractivity contribution in [2.75, 3.05) is 0 Å². The van der Waals surface area contributed by atoms with Crippen molar-refractivity contribution in [3.8, 4) is 0 Å². The van der Waals surface area contributed by atoms with Gasteiger partial charge in [-0.05, 0) is 25.0 Å². The highest BCUT2D eigenvalue weighted by molar-refractivity contribution is 6.04. The van der Waals surface area contributed by atoms with E-state index in [4.69, 9.17) is 0 Å². The van der Waals surface area contributed by atoms with Crippen molar-refractivity contribution in [3.63, 3.8) is 0 Å². The van der Waals surface area contributed by atoms with Gasteiger partial charge in [0.15, 0.2) is 5.78 Å². The van der Waals surface area contributed by atoms with E-state index in [1.807, 2.05) is 6.08 Å². The van der Waals surface area contributed by atoms with E-state index in [0.29, 0.717) is 0 Å². The predicted octanol–water partition coefficient (Wildman–Crippen LogP) is 4.11. The zero-order chi connectivity index (χ0) is 11.6. The first-order chi connectivity index (χ1) is 7.84. The van der Waals surface area contributed by atoms with E-state index < -0.39 is 0 Å². The molecule has 16 heavy (non-hydrogen) atoms. The minimum atomic E-state index is 0.0924. The van der Waals surface area contributed by atoms with Crippen LogP contribution in [0.5, 0.6) is 0 Å². The van der Waals surface area contributed by atoms with Crippen LogP contribution in [0.25, 0.3) is 0 Å². The van der Waals surface area contributed by atoms with Crippen molar-refractivity contribution in [1.29, 1.82) is 0 Å².